The summed E-state index contributed by atoms with van der Waals surface area (Å²) in [6, 6.07) is 4.26. The molecule has 0 atom stereocenters. The summed E-state index contributed by atoms with van der Waals surface area (Å²) in [5.41, 5.74) is -0.561. The van der Waals surface area contributed by atoms with E-state index in [1.807, 2.05) is 0 Å². The molecule has 9 heteroatoms. The highest BCUT2D eigenvalue weighted by Crippen LogP contribution is 2.37. The van der Waals surface area contributed by atoms with E-state index in [4.69, 9.17) is 14.6 Å². The third-order valence-electron chi connectivity index (χ3n) is 2.60. The molecule has 0 saturated heterocycles. The van der Waals surface area contributed by atoms with Crippen LogP contribution in [0.4, 0.5) is 5.69 Å². The Morgan fingerprint density at radius 1 is 1.48 bits per heavy atom. The maximum absolute atomic E-state index is 11.2. The molecule has 0 aliphatic rings. The van der Waals surface area contributed by atoms with Gasteiger partial charge in [-0.3, -0.25) is 14.8 Å². The fourth-order valence-corrected chi connectivity index (χ4v) is 1.70. The first-order valence-electron chi connectivity index (χ1n) is 5.70. The average Bonchev–Trinajstić information content (AvgIpc) is 2.79. The first-order valence-corrected chi connectivity index (χ1v) is 5.70. The summed E-state index contributed by atoms with van der Waals surface area (Å²) in [5, 5.41) is 23.9. The normalized spacial score (nSPS) is 10.2. The average molecular weight is 293 g/mol. The molecule has 0 aliphatic carbocycles. The molecule has 110 valence electrons. The number of aryl methyl sites for hydroxylation is 1. The third-order valence-corrected chi connectivity index (χ3v) is 2.60. The summed E-state index contributed by atoms with van der Waals surface area (Å²) in [6.07, 6.45) is 1.16. The number of hydrogen-bond acceptors (Lipinski definition) is 6. The van der Waals surface area contributed by atoms with Crippen LogP contribution < -0.4 is 9.47 Å². The van der Waals surface area contributed by atoms with E-state index in [0.717, 1.165) is 6.20 Å². The molecule has 1 heterocycles. The molecule has 0 spiro atoms. The fourth-order valence-electron chi connectivity index (χ4n) is 1.70. The number of methoxy groups -OCH3 is 1. The Morgan fingerprint density at radius 2 is 2.19 bits per heavy atom. The molecule has 1 N–H and O–H groups in total. The molecule has 0 bridgehead atoms. The first-order chi connectivity index (χ1) is 9.93. The van der Waals surface area contributed by atoms with Crippen LogP contribution in [0.5, 0.6) is 17.4 Å². The van der Waals surface area contributed by atoms with Crippen molar-refractivity contribution in [1.29, 1.82) is 0 Å². The Hall–Kier alpha value is -3.10. The zero-order valence-corrected chi connectivity index (χ0v) is 11.1. The smallest absolute Gasteiger partial charge is 0.350 e. The van der Waals surface area contributed by atoms with Crippen LogP contribution in [0.1, 0.15) is 10.4 Å². The first kappa shape index (κ1) is 14.3. The lowest BCUT2D eigenvalue weighted by molar-refractivity contribution is -0.385. The number of aromatic nitrogens is 2. The van der Waals surface area contributed by atoms with Gasteiger partial charge in [0.2, 0.25) is 0 Å². The van der Waals surface area contributed by atoms with Gasteiger partial charge in [0.1, 0.15) is 11.8 Å². The maximum Gasteiger partial charge on any atom is 0.350 e. The van der Waals surface area contributed by atoms with Crippen molar-refractivity contribution in [2.45, 2.75) is 0 Å². The number of nitro groups is 1. The Balaban J connectivity index is 2.53. The summed E-state index contributed by atoms with van der Waals surface area (Å²) in [5.74, 6) is -1.57. The van der Waals surface area contributed by atoms with Crippen molar-refractivity contribution in [3.63, 3.8) is 0 Å². The van der Waals surface area contributed by atoms with Crippen LogP contribution in [-0.4, -0.2) is 32.9 Å². The molecule has 1 aromatic carbocycles. The van der Waals surface area contributed by atoms with E-state index >= 15 is 0 Å². The molecule has 0 saturated carbocycles. The second-order valence-corrected chi connectivity index (χ2v) is 3.99. The quantitative estimate of drug-likeness (QED) is 0.660. The van der Waals surface area contributed by atoms with E-state index in [9.17, 15) is 14.9 Å². The van der Waals surface area contributed by atoms with Gasteiger partial charge in [0.25, 0.3) is 0 Å². The maximum atomic E-state index is 11.2. The lowest BCUT2D eigenvalue weighted by Gasteiger charge is -2.10. The molecule has 2 rings (SSSR count). The SMILES string of the molecule is COc1cccc(C(=O)O)c1Oc1nn(C)cc1[N+](=O)[O-]. The van der Waals surface area contributed by atoms with Crippen LogP contribution >= 0.6 is 0 Å². The van der Waals surface area contributed by atoms with Gasteiger partial charge in [-0.1, -0.05) is 6.07 Å². The summed E-state index contributed by atoms with van der Waals surface area (Å²) in [6.45, 7) is 0. The molecule has 0 amide bonds. The molecule has 9 nitrogen and oxygen atoms in total. The number of carboxylic acid groups (broad SMARTS) is 1. The van der Waals surface area contributed by atoms with Crippen molar-refractivity contribution in [3.8, 4) is 17.4 Å². The Morgan fingerprint density at radius 3 is 2.76 bits per heavy atom. The molecule has 0 fully saturated rings. The zero-order valence-electron chi connectivity index (χ0n) is 11.1. The van der Waals surface area contributed by atoms with Gasteiger partial charge in [-0.15, -0.1) is 5.10 Å². The van der Waals surface area contributed by atoms with Gasteiger partial charge in [0, 0.05) is 7.05 Å². The van der Waals surface area contributed by atoms with Gasteiger partial charge in [-0.2, -0.15) is 0 Å². The minimum absolute atomic E-state index is 0.134. The van der Waals surface area contributed by atoms with Crippen LogP contribution in [0.25, 0.3) is 0 Å². The van der Waals surface area contributed by atoms with Crippen molar-refractivity contribution in [2.24, 2.45) is 7.05 Å². The number of benzene rings is 1. The van der Waals surface area contributed by atoms with Gasteiger partial charge >= 0.3 is 17.5 Å². The van der Waals surface area contributed by atoms with Crippen molar-refractivity contribution in [1.82, 2.24) is 9.78 Å². The van der Waals surface area contributed by atoms with Crippen molar-refractivity contribution in [3.05, 3.63) is 40.1 Å². The highest BCUT2D eigenvalue weighted by Gasteiger charge is 2.25. The number of rotatable bonds is 5. The van der Waals surface area contributed by atoms with Gasteiger partial charge in [0.05, 0.1) is 12.0 Å². The van der Waals surface area contributed by atoms with Crippen molar-refractivity contribution >= 4 is 11.7 Å². The van der Waals surface area contributed by atoms with E-state index in [2.05, 4.69) is 5.10 Å². The highest BCUT2D eigenvalue weighted by molar-refractivity contribution is 5.92. The van der Waals surface area contributed by atoms with Crippen molar-refractivity contribution in [2.75, 3.05) is 7.11 Å². The molecular weight excluding hydrogens is 282 g/mol. The van der Waals surface area contributed by atoms with Crippen LogP contribution in [0, 0.1) is 10.1 Å². The monoisotopic (exact) mass is 293 g/mol. The predicted octanol–water partition coefficient (Wildman–Crippen LogP) is 1.83. The van der Waals surface area contributed by atoms with Crippen LogP contribution in [-0.2, 0) is 7.05 Å². The van der Waals surface area contributed by atoms with Crippen molar-refractivity contribution < 1.29 is 24.3 Å². The second-order valence-electron chi connectivity index (χ2n) is 3.99. The summed E-state index contributed by atoms with van der Waals surface area (Å²) in [4.78, 5) is 21.5. The molecular formula is C12H11N3O6. The van der Waals surface area contributed by atoms with E-state index in [1.165, 1.54) is 37.0 Å². The largest absolute Gasteiger partial charge is 0.493 e. The number of hydrogen-bond donors (Lipinski definition) is 1. The molecule has 0 aliphatic heterocycles. The summed E-state index contributed by atoms with van der Waals surface area (Å²) >= 11 is 0. The second kappa shape index (κ2) is 5.49. The highest BCUT2D eigenvalue weighted by atomic mass is 16.6. The molecule has 21 heavy (non-hydrogen) atoms. The Kier molecular flexibility index (Phi) is 3.74. The fraction of sp³-hybridized carbons (Fsp3) is 0.167. The van der Waals surface area contributed by atoms with E-state index < -0.39 is 10.9 Å². The number of ether oxygens (including phenoxy) is 2. The predicted molar refractivity (Wildman–Crippen MR) is 69.9 cm³/mol. The summed E-state index contributed by atoms with van der Waals surface area (Å²) < 4.78 is 11.5. The van der Waals surface area contributed by atoms with Gasteiger partial charge < -0.3 is 14.6 Å². The molecule has 0 unspecified atom stereocenters. The number of carbonyl (C=O) groups is 1. The van der Waals surface area contributed by atoms with E-state index in [-0.39, 0.29) is 28.6 Å². The minimum Gasteiger partial charge on any atom is -0.493 e. The number of carboxylic acids is 1. The number of nitrogens with zero attached hydrogens (tertiary/aromatic N) is 3. The van der Waals surface area contributed by atoms with Crippen LogP contribution in [0.3, 0.4) is 0 Å². The molecule has 0 radical (unpaired) electrons. The molecule has 2 aromatic rings. The van der Waals surface area contributed by atoms with Gasteiger partial charge in [-0.25, -0.2) is 4.79 Å². The minimum atomic E-state index is -1.25. The number of para-hydroxylation sites is 1. The number of aromatic carboxylic acids is 1. The Labute approximate surface area is 118 Å². The third kappa shape index (κ3) is 2.76. The van der Waals surface area contributed by atoms with Gasteiger partial charge in [-0.05, 0) is 12.1 Å². The van der Waals surface area contributed by atoms with E-state index in [1.54, 1.807) is 0 Å². The lowest BCUT2D eigenvalue weighted by Crippen LogP contribution is -2.03. The van der Waals surface area contributed by atoms with Crippen LogP contribution in [0.15, 0.2) is 24.4 Å². The Bertz CT molecular complexity index is 709. The topological polar surface area (TPSA) is 117 Å². The lowest BCUT2D eigenvalue weighted by atomic mass is 10.2. The molecule has 1 aromatic heterocycles. The standard InChI is InChI=1S/C12H11N3O6/c1-14-6-8(15(18)19)11(13-14)21-10-7(12(16)17)4-3-5-9(10)20-2/h3-6H,1-2H3,(H,16,17). The van der Waals surface area contributed by atoms with Gasteiger partial charge in [0.15, 0.2) is 11.5 Å². The van der Waals surface area contributed by atoms with Crippen LogP contribution in [0.2, 0.25) is 0 Å². The zero-order chi connectivity index (χ0) is 15.6. The van der Waals surface area contributed by atoms with E-state index in [0.29, 0.717) is 0 Å². The summed E-state index contributed by atoms with van der Waals surface area (Å²) in [7, 11) is 2.82.